The summed E-state index contributed by atoms with van der Waals surface area (Å²) in [5.74, 6) is 0.515. The number of nitrogens with one attached hydrogen (secondary N) is 1. The molecule has 1 aliphatic rings. The van der Waals surface area contributed by atoms with Crippen molar-refractivity contribution in [1.29, 1.82) is 0 Å². The molecule has 3 N–H and O–H groups in total. The van der Waals surface area contributed by atoms with E-state index < -0.39 is 6.10 Å². The fraction of sp³-hybridized carbons (Fsp3) is 0.462. The van der Waals surface area contributed by atoms with Crippen LogP contribution in [0.1, 0.15) is 48.1 Å². The van der Waals surface area contributed by atoms with Gasteiger partial charge in [0.2, 0.25) is 0 Å². The van der Waals surface area contributed by atoms with Crippen molar-refractivity contribution < 1.29 is 20.0 Å². The average molecular weight is 456 g/mol. The number of rotatable bonds is 12. The minimum atomic E-state index is -0.577. The highest BCUT2D eigenvalue weighted by Gasteiger charge is 2.34. The Balaban J connectivity index is 1.27. The van der Waals surface area contributed by atoms with Crippen LogP contribution in [0.5, 0.6) is 0 Å². The molecule has 5 nitrogen and oxygen atoms in total. The number of hydrogen-bond acceptors (Lipinski definition) is 6. The second-order valence-corrected chi connectivity index (χ2v) is 10.6. The Kier molecular flexibility index (Phi) is 7.61. The SMILES string of the molecule is CC(C)(Cc1ccc2ccccc2c1)NCC(O)COC(c1ccc(COO)s1)C1CC1. The van der Waals surface area contributed by atoms with Gasteiger partial charge in [-0.3, -0.25) is 5.26 Å². The molecule has 2 atom stereocenters. The van der Waals surface area contributed by atoms with Crippen LogP contribution in [0.3, 0.4) is 0 Å². The zero-order valence-electron chi connectivity index (χ0n) is 18.8. The lowest BCUT2D eigenvalue weighted by atomic mass is 9.93. The second kappa shape index (κ2) is 10.4. The Hall–Kier alpha value is -1.80. The molecule has 3 aromatic rings. The fourth-order valence-corrected chi connectivity index (χ4v) is 5.19. The van der Waals surface area contributed by atoms with E-state index in [0.717, 1.165) is 29.0 Å². The van der Waals surface area contributed by atoms with Gasteiger partial charge in [0, 0.05) is 21.8 Å². The summed E-state index contributed by atoms with van der Waals surface area (Å²) >= 11 is 1.60. The molecule has 0 aliphatic heterocycles. The Morgan fingerprint density at radius 3 is 2.62 bits per heavy atom. The maximum atomic E-state index is 10.6. The van der Waals surface area contributed by atoms with Gasteiger partial charge in [-0.1, -0.05) is 42.5 Å². The smallest absolute Gasteiger partial charge is 0.116 e. The molecule has 1 fully saturated rings. The molecule has 0 radical (unpaired) electrons. The third kappa shape index (κ3) is 6.38. The van der Waals surface area contributed by atoms with Gasteiger partial charge in [-0.25, -0.2) is 4.89 Å². The van der Waals surface area contributed by atoms with Gasteiger partial charge in [-0.05, 0) is 67.5 Å². The molecule has 1 aromatic heterocycles. The summed E-state index contributed by atoms with van der Waals surface area (Å²) in [4.78, 5) is 6.35. The summed E-state index contributed by atoms with van der Waals surface area (Å²) in [6.07, 6.45) is 2.62. The molecule has 1 saturated carbocycles. The van der Waals surface area contributed by atoms with E-state index in [0.29, 0.717) is 19.1 Å². The quantitative estimate of drug-likeness (QED) is 0.254. The number of aliphatic hydroxyl groups excluding tert-OH is 1. The van der Waals surface area contributed by atoms with E-state index >= 15 is 0 Å². The van der Waals surface area contributed by atoms with Gasteiger partial charge < -0.3 is 15.2 Å². The van der Waals surface area contributed by atoms with Crippen LogP contribution in [0.4, 0.5) is 0 Å². The van der Waals surface area contributed by atoms with Gasteiger partial charge >= 0.3 is 0 Å². The van der Waals surface area contributed by atoms with Crippen molar-refractivity contribution in [2.45, 2.75) is 57.5 Å². The van der Waals surface area contributed by atoms with Crippen LogP contribution in [0.15, 0.2) is 54.6 Å². The highest BCUT2D eigenvalue weighted by molar-refractivity contribution is 7.12. The summed E-state index contributed by atoms with van der Waals surface area (Å²) in [5.41, 5.74) is 1.13. The molecule has 6 heteroatoms. The van der Waals surface area contributed by atoms with Gasteiger partial charge in [0.05, 0.1) is 18.8 Å². The zero-order chi connectivity index (χ0) is 22.6. The normalized spacial score (nSPS) is 16.4. The molecule has 0 spiro atoms. The summed E-state index contributed by atoms with van der Waals surface area (Å²) in [7, 11) is 0. The van der Waals surface area contributed by atoms with Gasteiger partial charge in [0.25, 0.3) is 0 Å². The summed E-state index contributed by atoms with van der Waals surface area (Å²) in [6.45, 7) is 5.30. The number of hydrogen-bond donors (Lipinski definition) is 3. The number of thiophene rings is 1. The third-order valence-corrected chi connectivity index (χ3v) is 7.08. The minimum absolute atomic E-state index is 0.00713. The first kappa shape index (κ1) is 23.4. The van der Waals surface area contributed by atoms with E-state index in [1.54, 1.807) is 11.3 Å². The molecular formula is C26H33NO4S. The predicted octanol–water partition coefficient (Wildman–Crippen LogP) is 5.33. The minimum Gasteiger partial charge on any atom is -0.389 e. The van der Waals surface area contributed by atoms with Crippen molar-refractivity contribution in [2.75, 3.05) is 13.2 Å². The van der Waals surface area contributed by atoms with E-state index in [9.17, 15) is 5.11 Å². The Bertz CT molecular complexity index is 1010. The van der Waals surface area contributed by atoms with Crippen LogP contribution in [0.25, 0.3) is 10.8 Å². The van der Waals surface area contributed by atoms with Crippen LogP contribution < -0.4 is 5.32 Å². The van der Waals surface area contributed by atoms with Gasteiger partial charge in [-0.15, -0.1) is 11.3 Å². The summed E-state index contributed by atoms with van der Waals surface area (Å²) in [5, 5.41) is 25.3. The van der Waals surface area contributed by atoms with Gasteiger partial charge in [0.15, 0.2) is 0 Å². The molecule has 1 aliphatic carbocycles. The monoisotopic (exact) mass is 455 g/mol. The number of β-amino-alcohol motifs (C(OH)–C–C–N with tert-alkyl or cyclic N) is 1. The van der Waals surface area contributed by atoms with E-state index in [-0.39, 0.29) is 18.2 Å². The number of ether oxygens (including phenoxy) is 1. The topological polar surface area (TPSA) is 71.0 Å². The van der Waals surface area contributed by atoms with Crippen LogP contribution in [0.2, 0.25) is 0 Å². The standard InChI is InChI=1S/C26H33NO4S/c1-26(2,14-18-7-8-19-5-3-4-6-21(19)13-18)27-15-22(28)16-30-25(20-9-10-20)24-12-11-23(32-24)17-31-29/h3-8,11-13,20,22,25,27-29H,9-10,14-17H2,1-2H3. The third-order valence-electron chi connectivity index (χ3n) is 5.96. The van der Waals surface area contributed by atoms with Crippen molar-refractivity contribution >= 4 is 22.1 Å². The second-order valence-electron chi connectivity index (χ2n) is 9.45. The molecule has 172 valence electrons. The van der Waals surface area contributed by atoms with Gasteiger partial charge in [0.1, 0.15) is 6.61 Å². The lowest BCUT2D eigenvalue weighted by Gasteiger charge is -2.28. The van der Waals surface area contributed by atoms with Crippen molar-refractivity contribution in [1.82, 2.24) is 5.32 Å². The molecule has 4 rings (SSSR count). The summed E-state index contributed by atoms with van der Waals surface area (Å²) in [6, 6.07) is 19.0. The molecule has 0 saturated heterocycles. The first-order valence-corrected chi connectivity index (χ1v) is 12.1. The summed E-state index contributed by atoms with van der Waals surface area (Å²) < 4.78 is 6.15. The maximum absolute atomic E-state index is 10.6. The number of benzene rings is 2. The molecule has 2 aromatic carbocycles. The van der Waals surface area contributed by atoms with E-state index in [2.05, 4.69) is 66.5 Å². The van der Waals surface area contributed by atoms with Crippen LogP contribution in [0, 0.1) is 5.92 Å². The van der Waals surface area contributed by atoms with Crippen molar-refractivity contribution in [3.8, 4) is 0 Å². The van der Waals surface area contributed by atoms with Crippen LogP contribution >= 0.6 is 11.3 Å². The lowest BCUT2D eigenvalue weighted by molar-refractivity contribution is -0.252. The molecular weight excluding hydrogens is 422 g/mol. The lowest BCUT2D eigenvalue weighted by Crippen LogP contribution is -2.46. The first-order chi connectivity index (χ1) is 15.4. The van der Waals surface area contributed by atoms with E-state index in [1.165, 1.54) is 16.3 Å². The van der Waals surface area contributed by atoms with E-state index in [4.69, 9.17) is 9.99 Å². The molecule has 2 unspecified atom stereocenters. The maximum Gasteiger partial charge on any atom is 0.116 e. The highest BCUT2D eigenvalue weighted by Crippen LogP contribution is 2.45. The highest BCUT2D eigenvalue weighted by atomic mass is 32.1. The Morgan fingerprint density at radius 1 is 1.09 bits per heavy atom. The van der Waals surface area contributed by atoms with Crippen molar-refractivity contribution in [3.05, 3.63) is 69.9 Å². The molecule has 0 bridgehead atoms. The average Bonchev–Trinajstić information content (AvgIpc) is 3.51. The molecule has 32 heavy (non-hydrogen) atoms. The Morgan fingerprint density at radius 2 is 1.88 bits per heavy atom. The number of aliphatic hydroxyl groups is 1. The fourth-order valence-electron chi connectivity index (χ4n) is 4.13. The van der Waals surface area contributed by atoms with Gasteiger partial charge in [-0.2, -0.15) is 0 Å². The van der Waals surface area contributed by atoms with Crippen molar-refractivity contribution in [2.24, 2.45) is 5.92 Å². The van der Waals surface area contributed by atoms with Crippen LogP contribution in [-0.2, 0) is 22.7 Å². The molecule has 1 heterocycles. The number of fused-ring (bicyclic) bond motifs is 1. The zero-order valence-corrected chi connectivity index (χ0v) is 19.6. The Labute approximate surface area is 193 Å². The van der Waals surface area contributed by atoms with Crippen molar-refractivity contribution in [3.63, 3.8) is 0 Å². The van der Waals surface area contributed by atoms with E-state index in [1.807, 2.05) is 12.1 Å². The predicted molar refractivity (Wildman–Crippen MR) is 129 cm³/mol. The van der Waals surface area contributed by atoms with Crippen LogP contribution in [-0.4, -0.2) is 35.2 Å². The largest absolute Gasteiger partial charge is 0.389 e. The molecule has 0 amide bonds. The first-order valence-electron chi connectivity index (χ1n) is 11.3.